The summed E-state index contributed by atoms with van der Waals surface area (Å²) in [6.45, 7) is 3.61. The van der Waals surface area contributed by atoms with E-state index in [9.17, 15) is 9.59 Å². The number of rotatable bonds is 4. The average molecular weight is 372 g/mol. The third-order valence-electron chi connectivity index (χ3n) is 4.78. The van der Waals surface area contributed by atoms with Crippen molar-refractivity contribution in [1.82, 2.24) is 0 Å². The molecule has 0 spiro atoms. The highest BCUT2D eigenvalue weighted by Gasteiger charge is 2.18. The Morgan fingerprint density at radius 1 is 1.08 bits per heavy atom. The molecule has 1 N–H and O–H groups in total. The number of hydrogen-bond acceptors (Lipinski definition) is 4. The lowest BCUT2D eigenvalue weighted by molar-refractivity contribution is -0.119. The van der Waals surface area contributed by atoms with Gasteiger partial charge in [-0.2, -0.15) is 0 Å². The molecule has 1 aliphatic rings. The lowest BCUT2D eigenvalue weighted by atomic mass is 10.00. The molecule has 26 heavy (non-hydrogen) atoms. The van der Waals surface area contributed by atoms with E-state index in [2.05, 4.69) is 5.32 Å². The fourth-order valence-electron chi connectivity index (χ4n) is 3.33. The van der Waals surface area contributed by atoms with E-state index in [1.54, 1.807) is 0 Å². The largest absolute Gasteiger partial charge is 0.451 e. The summed E-state index contributed by atoms with van der Waals surface area (Å²) < 4.78 is 5.24. The first-order valence-corrected chi connectivity index (χ1v) is 10.0. The van der Waals surface area contributed by atoms with Gasteiger partial charge in [-0.25, -0.2) is 4.79 Å². The predicted molar refractivity (Wildman–Crippen MR) is 105 cm³/mol. The smallest absolute Gasteiger partial charge is 0.348 e. The molecular formula is C21H25NO3S. The number of esters is 1. The number of fused-ring (bicyclic) bond motifs is 1. The summed E-state index contributed by atoms with van der Waals surface area (Å²) in [5.74, 6) is -0.718. The Balaban J connectivity index is 1.58. The Hall–Kier alpha value is -2.14. The van der Waals surface area contributed by atoms with E-state index in [1.807, 2.05) is 38.1 Å². The third-order valence-corrected chi connectivity index (χ3v) is 5.99. The summed E-state index contributed by atoms with van der Waals surface area (Å²) in [4.78, 5) is 26.4. The third kappa shape index (κ3) is 4.52. The summed E-state index contributed by atoms with van der Waals surface area (Å²) in [6.07, 6.45) is 6.95. The molecule has 0 unspecified atom stereocenters. The van der Waals surface area contributed by atoms with Crippen molar-refractivity contribution in [3.8, 4) is 0 Å². The second-order valence-corrected chi connectivity index (χ2v) is 8.00. The van der Waals surface area contributed by atoms with Crippen LogP contribution in [0.15, 0.2) is 24.3 Å². The molecule has 0 saturated carbocycles. The van der Waals surface area contributed by atoms with Crippen LogP contribution >= 0.6 is 11.3 Å². The van der Waals surface area contributed by atoms with E-state index >= 15 is 0 Å². The molecule has 1 aromatic heterocycles. The van der Waals surface area contributed by atoms with E-state index in [0.29, 0.717) is 4.88 Å². The summed E-state index contributed by atoms with van der Waals surface area (Å²) in [5, 5.41) is 2.84. The number of benzene rings is 1. The minimum atomic E-state index is -0.404. The number of para-hydroxylation sites is 1. The Morgan fingerprint density at radius 3 is 2.50 bits per heavy atom. The first-order valence-electron chi connectivity index (χ1n) is 9.19. The predicted octanol–water partition coefficient (Wildman–Crippen LogP) is 4.82. The maximum Gasteiger partial charge on any atom is 0.348 e. The van der Waals surface area contributed by atoms with Crippen LogP contribution in [0.2, 0.25) is 0 Å². The zero-order valence-electron chi connectivity index (χ0n) is 15.4. The van der Waals surface area contributed by atoms with Gasteiger partial charge in [0.25, 0.3) is 5.91 Å². The van der Waals surface area contributed by atoms with Crippen LogP contribution in [0.25, 0.3) is 0 Å². The summed E-state index contributed by atoms with van der Waals surface area (Å²) in [7, 11) is 0. The number of carbonyl (C=O) groups excluding carboxylic acids is 2. The van der Waals surface area contributed by atoms with Crippen LogP contribution < -0.4 is 5.32 Å². The van der Waals surface area contributed by atoms with E-state index in [4.69, 9.17) is 4.74 Å². The normalized spacial score (nSPS) is 14.1. The van der Waals surface area contributed by atoms with Crippen LogP contribution in [0.5, 0.6) is 0 Å². The lowest BCUT2D eigenvalue weighted by Crippen LogP contribution is -2.21. The quantitative estimate of drug-likeness (QED) is 0.784. The van der Waals surface area contributed by atoms with Crippen LogP contribution in [0.1, 0.15) is 56.9 Å². The fourth-order valence-corrected chi connectivity index (χ4v) is 4.48. The van der Waals surface area contributed by atoms with Gasteiger partial charge in [0.15, 0.2) is 6.61 Å². The minimum Gasteiger partial charge on any atom is -0.451 e. The molecule has 138 valence electrons. The molecule has 2 aromatic rings. The molecule has 4 nitrogen and oxygen atoms in total. The van der Waals surface area contributed by atoms with Gasteiger partial charge in [-0.3, -0.25) is 4.79 Å². The van der Waals surface area contributed by atoms with Crippen LogP contribution in [0.3, 0.4) is 0 Å². The van der Waals surface area contributed by atoms with Crippen molar-refractivity contribution < 1.29 is 14.3 Å². The van der Waals surface area contributed by atoms with Crippen molar-refractivity contribution in [3.05, 3.63) is 50.7 Å². The second kappa shape index (κ2) is 8.49. The molecule has 3 rings (SSSR count). The van der Waals surface area contributed by atoms with E-state index < -0.39 is 5.97 Å². The Labute approximate surface area is 158 Å². The molecule has 0 saturated heterocycles. The topological polar surface area (TPSA) is 55.4 Å². The molecule has 1 aliphatic carbocycles. The van der Waals surface area contributed by atoms with Crippen LogP contribution in [0, 0.1) is 13.8 Å². The van der Waals surface area contributed by atoms with Gasteiger partial charge >= 0.3 is 5.97 Å². The first kappa shape index (κ1) is 18.6. The van der Waals surface area contributed by atoms with Gasteiger partial charge in [0, 0.05) is 10.6 Å². The summed E-state index contributed by atoms with van der Waals surface area (Å²) >= 11 is 1.52. The Bertz CT molecular complexity index is 764. The van der Waals surface area contributed by atoms with Crippen LogP contribution in [-0.2, 0) is 22.4 Å². The van der Waals surface area contributed by atoms with Crippen molar-refractivity contribution in [3.63, 3.8) is 0 Å². The molecule has 5 heteroatoms. The van der Waals surface area contributed by atoms with E-state index in [0.717, 1.165) is 29.7 Å². The average Bonchev–Trinajstić information content (AvgIpc) is 2.98. The maximum absolute atomic E-state index is 12.3. The number of hydrogen-bond donors (Lipinski definition) is 1. The van der Waals surface area contributed by atoms with E-state index in [1.165, 1.54) is 47.5 Å². The molecule has 1 aromatic carbocycles. The molecular weight excluding hydrogens is 346 g/mol. The minimum absolute atomic E-state index is 0.269. The number of ether oxygens (including phenoxy) is 1. The SMILES string of the molecule is Cc1cccc(C)c1NC(=O)COC(=O)c1cc2c(s1)CCCCCC2. The van der Waals surface area contributed by atoms with Gasteiger partial charge in [-0.05, 0) is 62.3 Å². The van der Waals surface area contributed by atoms with Gasteiger partial charge in [0.2, 0.25) is 0 Å². The van der Waals surface area contributed by atoms with Crippen molar-refractivity contribution in [2.75, 3.05) is 11.9 Å². The zero-order valence-corrected chi connectivity index (χ0v) is 16.2. The van der Waals surface area contributed by atoms with Gasteiger partial charge in [0.1, 0.15) is 4.88 Å². The zero-order chi connectivity index (χ0) is 18.5. The molecule has 1 heterocycles. The maximum atomic E-state index is 12.3. The van der Waals surface area contributed by atoms with Crippen molar-refractivity contribution in [2.24, 2.45) is 0 Å². The van der Waals surface area contributed by atoms with Crippen molar-refractivity contribution >= 4 is 28.9 Å². The molecule has 0 radical (unpaired) electrons. The highest BCUT2D eigenvalue weighted by Crippen LogP contribution is 2.29. The second-order valence-electron chi connectivity index (χ2n) is 6.86. The van der Waals surface area contributed by atoms with Crippen LogP contribution in [0.4, 0.5) is 5.69 Å². The molecule has 0 fully saturated rings. The Morgan fingerprint density at radius 2 is 1.77 bits per heavy atom. The number of anilines is 1. The summed E-state index contributed by atoms with van der Waals surface area (Å²) in [6, 6.07) is 7.78. The molecule has 0 aliphatic heterocycles. The first-order chi connectivity index (χ1) is 12.5. The van der Waals surface area contributed by atoms with Gasteiger partial charge < -0.3 is 10.1 Å². The molecule has 0 atom stereocenters. The molecule has 0 bridgehead atoms. The number of nitrogens with one attached hydrogen (secondary N) is 1. The number of aryl methyl sites for hydroxylation is 4. The highest BCUT2D eigenvalue weighted by atomic mass is 32.1. The number of amides is 1. The van der Waals surface area contributed by atoms with Gasteiger partial charge in [0.05, 0.1) is 0 Å². The van der Waals surface area contributed by atoms with Gasteiger partial charge in [-0.15, -0.1) is 11.3 Å². The van der Waals surface area contributed by atoms with Crippen LogP contribution in [-0.4, -0.2) is 18.5 Å². The standard InChI is InChI=1S/C21H25NO3S/c1-14-8-7-9-15(2)20(14)22-19(23)13-25-21(24)18-12-16-10-5-3-4-6-11-17(16)26-18/h7-9,12H,3-6,10-11,13H2,1-2H3,(H,22,23). The highest BCUT2D eigenvalue weighted by molar-refractivity contribution is 7.14. The number of carbonyl (C=O) groups is 2. The monoisotopic (exact) mass is 371 g/mol. The molecule has 1 amide bonds. The number of thiophene rings is 1. The Kier molecular flexibility index (Phi) is 6.09. The van der Waals surface area contributed by atoms with Crippen molar-refractivity contribution in [2.45, 2.75) is 52.4 Å². The summed E-state index contributed by atoms with van der Waals surface area (Å²) in [5.41, 5.74) is 4.04. The fraction of sp³-hybridized carbons (Fsp3) is 0.429. The van der Waals surface area contributed by atoms with E-state index in [-0.39, 0.29) is 12.5 Å². The lowest BCUT2D eigenvalue weighted by Gasteiger charge is -2.11. The van der Waals surface area contributed by atoms with Gasteiger partial charge in [-0.1, -0.05) is 31.0 Å². The van der Waals surface area contributed by atoms with Crippen molar-refractivity contribution in [1.29, 1.82) is 0 Å².